The monoisotopic (exact) mass is 896 g/mol. The Kier molecular flexibility index (Phi) is 13.9. The van der Waals surface area contributed by atoms with Gasteiger partial charge in [-0.15, -0.1) is 0 Å². The fourth-order valence-electron chi connectivity index (χ4n) is 8.54. The maximum atomic E-state index is 9.00. The van der Waals surface area contributed by atoms with Gasteiger partial charge in [0, 0.05) is 6.92 Å². The largest absolute Gasteiger partial charge is 2.00 e. The van der Waals surface area contributed by atoms with Crippen molar-refractivity contribution in [2.75, 3.05) is 0 Å². The van der Waals surface area contributed by atoms with Gasteiger partial charge in [0.15, 0.2) is 0 Å². The molecular weight excluding hydrogens is 844 g/mol. The Morgan fingerprint density at radius 3 is 1.24 bits per heavy atom. The number of carboxylic acid groups (broad SMARTS) is 1. The van der Waals surface area contributed by atoms with Gasteiger partial charge in [-0.25, -0.2) is 0 Å². The molecule has 0 saturated heterocycles. The molecule has 0 bridgehead atoms. The molecule has 5 heteroatoms. The van der Waals surface area contributed by atoms with E-state index in [4.69, 9.17) is 9.90 Å². The topological polar surface area (TPSA) is 37.3 Å². The van der Waals surface area contributed by atoms with Gasteiger partial charge in [-0.3, -0.25) is 4.79 Å². The standard InChI is InChI=1S/C52H48P2.C2H4O2.Ru/c1-33-20-34(2)25-44(24-33)53(45-26-35(3)21-36(4)27-45)43-18-16-42-13-11-15-49(50(42)32-43)52-48-14-10-9-12-41(48)17-19-51(52)54(46-28-37(5)22-38(6)29-46)47-30-39(7)23-40(8)31-47;1-2(3)4;/h9-32H,1-8H3;1H3,(H,3,4);/q;;+2. The molecular formula is C54H52O2P2Ru+2. The number of hydrogen-bond donors (Lipinski definition) is 1. The summed E-state index contributed by atoms with van der Waals surface area (Å²) in [6.45, 7) is 19.0. The molecule has 0 heterocycles. The van der Waals surface area contributed by atoms with Crippen LogP contribution >= 0.6 is 15.8 Å². The number of fused-ring (bicyclic) bond motifs is 2. The van der Waals surface area contributed by atoms with Crippen molar-refractivity contribution in [1.82, 2.24) is 0 Å². The quantitative estimate of drug-likeness (QED) is 0.128. The number of rotatable bonds is 7. The van der Waals surface area contributed by atoms with Gasteiger partial charge < -0.3 is 5.11 Å². The number of aryl methyl sites for hydroxylation is 8. The van der Waals surface area contributed by atoms with Crippen molar-refractivity contribution in [1.29, 1.82) is 0 Å². The van der Waals surface area contributed by atoms with Gasteiger partial charge >= 0.3 is 19.5 Å². The Bertz CT molecular complexity index is 2650. The normalized spacial score (nSPS) is 11.1. The van der Waals surface area contributed by atoms with Crippen molar-refractivity contribution in [3.8, 4) is 11.1 Å². The van der Waals surface area contributed by atoms with Gasteiger partial charge in [0.05, 0.1) is 0 Å². The second-order valence-corrected chi connectivity index (χ2v) is 20.4. The van der Waals surface area contributed by atoms with Crippen LogP contribution in [0.25, 0.3) is 32.7 Å². The molecule has 0 unspecified atom stereocenters. The molecule has 2 nitrogen and oxygen atoms in total. The first kappa shape index (κ1) is 43.8. The summed E-state index contributed by atoms with van der Waals surface area (Å²) in [4.78, 5) is 9.00. The smallest absolute Gasteiger partial charge is 0.481 e. The first-order valence-corrected chi connectivity index (χ1v) is 22.6. The number of benzene rings is 8. The average Bonchev–Trinajstić information content (AvgIpc) is 3.13. The Morgan fingerprint density at radius 1 is 0.407 bits per heavy atom. The van der Waals surface area contributed by atoms with Crippen LogP contribution in [0.5, 0.6) is 0 Å². The minimum atomic E-state index is -0.887. The minimum Gasteiger partial charge on any atom is -0.481 e. The van der Waals surface area contributed by atoms with Crippen LogP contribution < -0.4 is 31.8 Å². The van der Waals surface area contributed by atoms with Gasteiger partial charge in [0.1, 0.15) is 0 Å². The Hall–Kier alpha value is -4.77. The number of hydrogen-bond acceptors (Lipinski definition) is 1. The van der Waals surface area contributed by atoms with Crippen molar-refractivity contribution < 1.29 is 29.4 Å². The van der Waals surface area contributed by atoms with E-state index in [1.165, 1.54) is 109 Å². The third kappa shape index (κ3) is 10.00. The van der Waals surface area contributed by atoms with Gasteiger partial charge in [-0.2, -0.15) is 0 Å². The SMILES string of the molecule is CC(=O)O.Cc1cc(C)cc(P(c2cc(C)cc(C)c2)c2ccc3cccc(-c4c(P(c5cc(C)cc(C)c5)c5cc(C)cc(C)c5)ccc5ccccc45)c3c2)c1.[Ru+2]. The van der Waals surface area contributed by atoms with Crippen LogP contribution in [0.1, 0.15) is 51.4 Å². The first-order valence-electron chi connectivity index (χ1n) is 19.9. The molecule has 0 fully saturated rings. The molecule has 1 N–H and O–H groups in total. The summed E-state index contributed by atoms with van der Waals surface area (Å²) >= 11 is 0. The second-order valence-electron chi connectivity index (χ2n) is 16.0. The second kappa shape index (κ2) is 18.7. The molecule has 8 aromatic rings. The van der Waals surface area contributed by atoms with Crippen molar-refractivity contribution in [3.63, 3.8) is 0 Å². The van der Waals surface area contributed by atoms with Crippen LogP contribution in [-0.2, 0) is 24.3 Å². The maximum Gasteiger partial charge on any atom is 2.00 e. The summed E-state index contributed by atoms with van der Waals surface area (Å²) < 4.78 is 0. The number of carbonyl (C=O) groups is 1. The van der Waals surface area contributed by atoms with Crippen molar-refractivity contribution in [2.45, 2.75) is 62.3 Å². The minimum absolute atomic E-state index is 0. The molecule has 0 amide bonds. The first-order chi connectivity index (χ1) is 27.7. The summed E-state index contributed by atoms with van der Waals surface area (Å²) in [6, 6.07) is 56.6. The van der Waals surface area contributed by atoms with E-state index in [9.17, 15) is 0 Å². The zero-order valence-corrected chi connectivity index (χ0v) is 39.0. The van der Waals surface area contributed by atoms with E-state index >= 15 is 0 Å². The van der Waals surface area contributed by atoms with Crippen molar-refractivity contribution >= 4 is 75.2 Å². The van der Waals surface area contributed by atoms with Crippen LogP contribution in [0.15, 0.2) is 146 Å². The molecule has 0 aromatic heterocycles. The summed E-state index contributed by atoms with van der Waals surface area (Å²) in [5.41, 5.74) is 13.2. The predicted octanol–water partition coefficient (Wildman–Crippen LogP) is 11.7. The van der Waals surface area contributed by atoms with E-state index in [1.807, 2.05) is 0 Å². The average molecular weight is 896 g/mol. The number of carboxylic acids is 1. The summed E-state index contributed by atoms with van der Waals surface area (Å²) in [5.74, 6) is -0.833. The third-order valence-electron chi connectivity index (χ3n) is 10.4. The Morgan fingerprint density at radius 2 is 0.780 bits per heavy atom. The molecule has 8 rings (SSSR count). The molecule has 0 radical (unpaired) electrons. The summed E-state index contributed by atoms with van der Waals surface area (Å²) in [7, 11) is -1.69. The zero-order valence-electron chi connectivity index (χ0n) is 35.5. The van der Waals surface area contributed by atoms with Crippen LogP contribution in [0.4, 0.5) is 0 Å². The fourth-order valence-corrected chi connectivity index (χ4v) is 14.1. The summed E-state index contributed by atoms with van der Waals surface area (Å²) in [5, 5.41) is 21.0. The van der Waals surface area contributed by atoms with E-state index in [0.29, 0.717) is 0 Å². The molecule has 0 aliphatic rings. The molecule has 0 aliphatic carbocycles. The molecule has 8 aromatic carbocycles. The van der Waals surface area contributed by atoms with Crippen LogP contribution in [0.2, 0.25) is 0 Å². The van der Waals surface area contributed by atoms with Crippen molar-refractivity contribution in [3.05, 3.63) is 190 Å². The van der Waals surface area contributed by atoms with Gasteiger partial charge in [-0.05, 0) is 142 Å². The molecule has 0 saturated carbocycles. The molecule has 296 valence electrons. The van der Waals surface area contributed by atoms with E-state index in [1.54, 1.807) is 0 Å². The Balaban J connectivity index is 0.00000112. The van der Waals surface area contributed by atoms with Crippen LogP contribution in [0, 0.1) is 55.4 Å². The van der Waals surface area contributed by atoms with Crippen LogP contribution in [0.3, 0.4) is 0 Å². The third-order valence-corrected chi connectivity index (χ3v) is 15.1. The predicted molar refractivity (Wildman–Crippen MR) is 256 cm³/mol. The zero-order chi connectivity index (χ0) is 41.2. The number of aliphatic carboxylic acids is 1. The van der Waals surface area contributed by atoms with Gasteiger partial charge in [0.2, 0.25) is 0 Å². The van der Waals surface area contributed by atoms with Crippen molar-refractivity contribution in [2.24, 2.45) is 0 Å². The van der Waals surface area contributed by atoms with Gasteiger partial charge in [-0.1, -0.05) is 184 Å². The summed E-state index contributed by atoms with van der Waals surface area (Å²) in [6.07, 6.45) is 0. The molecule has 0 aliphatic heterocycles. The van der Waals surface area contributed by atoms with E-state index in [2.05, 4.69) is 201 Å². The Labute approximate surface area is 366 Å². The van der Waals surface area contributed by atoms with E-state index < -0.39 is 21.8 Å². The van der Waals surface area contributed by atoms with Gasteiger partial charge in [0.25, 0.3) is 5.97 Å². The van der Waals surface area contributed by atoms with E-state index in [-0.39, 0.29) is 19.5 Å². The maximum absolute atomic E-state index is 9.00. The van der Waals surface area contributed by atoms with E-state index in [0.717, 1.165) is 6.92 Å². The molecule has 0 atom stereocenters. The molecule has 0 spiro atoms. The fraction of sp³-hybridized carbons (Fsp3) is 0.167. The molecule has 59 heavy (non-hydrogen) atoms. The van der Waals surface area contributed by atoms with Crippen LogP contribution in [-0.4, -0.2) is 11.1 Å².